The van der Waals surface area contributed by atoms with Crippen LogP contribution in [0.25, 0.3) is 0 Å². The fourth-order valence-corrected chi connectivity index (χ4v) is 4.77. The van der Waals surface area contributed by atoms with Gasteiger partial charge in [-0.3, -0.25) is 9.79 Å². The first-order valence-corrected chi connectivity index (χ1v) is 11.5. The molecule has 0 aromatic carbocycles. The van der Waals surface area contributed by atoms with Gasteiger partial charge in [0.15, 0.2) is 5.96 Å². The van der Waals surface area contributed by atoms with Gasteiger partial charge in [0.25, 0.3) is 0 Å². The number of rotatable bonds is 9. The molecule has 0 aromatic rings. The van der Waals surface area contributed by atoms with Crippen LogP contribution in [0.15, 0.2) is 4.99 Å². The van der Waals surface area contributed by atoms with E-state index in [1.54, 1.807) is 0 Å². The van der Waals surface area contributed by atoms with Crippen molar-refractivity contribution < 1.29 is 4.79 Å². The molecule has 7 heteroatoms. The van der Waals surface area contributed by atoms with Crippen molar-refractivity contribution in [3.63, 3.8) is 0 Å². The van der Waals surface area contributed by atoms with E-state index in [9.17, 15) is 4.79 Å². The van der Waals surface area contributed by atoms with Gasteiger partial charge in [-0.25, -0.2) is 0 Å². The summed E-state index contributed by atoms with van der Waals surface area (Å²) in [5.41, 5.74) is 0. The maximum Gasteiger partial charge on any atom is 0.225 e. The number of likely N-dealkylation sites (N-methyl/N-ethyl adjacent to an activating group) is 1. The van der Waals surface area contributed by atoms with Crippen LogP contribution in [0.2, 0.25) is 0 Å². The topological polar surface area (TPSA) is 60.0 Å². The normalized spacial score (nSPS) is 21.6. The first kappa shape index (κ1) is 26.5. The van der Waals surface area contributed by atoms with Crippen molar-refractivity contribution >= 4 is 35.8 Å². The number of hydrogen-bond acceptors (Lipinski definition) is 3. The molecule has 1 aliphatic carbocycles. The lowest BCUT2D eigenvalue weighted by atomic mass is 9.93. The average molecular weight is 522 g/mol. The van der Waals surface area contributed by atoms with Gasteiger partial charge in [-0.05, 0) is 46.2 Å². The molecule has 0 radical (unpaired) electrons. The van der Waals surface area contributed by atoms with E-state index in [0.717, 1.165) is 51.4 Å². The largest absolute Gasteiger partial charge is 0.357 e. The van der Waals surface area contributed by atoms with Crippen LogP contribution in [-0.4, -0.2) is 74.0 Å². The molecule has 2 aliphatic rings. The van der Waals surface area contributed by atoms with Gasteiger partial charge in [-0.2, -0.15) is 0 Å². The van der Waals surface area contributed by atoms with Crippen LogP contribution in [0.5, 0.6) is 0 Å². The maximum atomic E-state index is 12.7. The lowest BCUT2D eigenvalue weighted by Crippen LogP contribution is -2.46. The van der Waals surface area contributed by atoms with E-state index < -0.39 is 0 Å². The Morgan fingerprint density at radius 2 is 1.79 bits per heavy atom. The van der Waals surface area contributed by atoms with Crippen molar-refractivity contribution in [3.05, 3.63) is 0 Å². The zero-order chi connectivity index (χ0) is 20.5. The molecular formula is C22H44IN5O. The summed E-state index contributed by atoms with van der Waals surface area (Å²) in [7, 11) is 4.31. The number of nitrogens with zero attached hydrogens (tertiary/aromatic N) is 3. The van der Waals surface area contributed by atoms with Crippen molar-refractivity contribution in [2.24, 2.45) is 16.8 Å². The summed E-state index contributed by atoms with van der Waals surface area (Å²) in [6.45, 7) is 9.97. The zero-order valence-corrected chi connectivity index (χ0v) is 21.6. The molecule has 0 aromatic heterocycles. The molecule has 0 spiro atoms. The fourth-order valence-electron chi connectivity index (χ4n) is 4.77. The first-order valence-electron chi connectivity index (χ1n) is 11.5. The van der Waals surface area contributed by atoms with Crippen molar-refractivity contribution in [2.45, 2.75) is 77.8 Å². The Hall–Kier alpha value is -0.570. The minimum absolute atomic E-state index is 0. The molecule has 170 valence electrons. The summed E-state index contributed by atoms with van der Waals surface area (Å²) < 4.78 is 0. The fraction of sp³-hybridized carbons (Fsp3) is 0.909. The molecule has 0 bridgehead atoms. The van der Waals surface area contributed by atoms with Crippen LogP contribution < -0.4 is 10.6 Å². The summed E-state index contributed by atoms with van der Waals surface area (Å²) in [6.07, 6.45) is 7.96. The number of hydrogen-bond donors (Lipinski definition) is 2. The van der Waals surface area contributed by atoms with E-state index in [4.69, 9.17) is 4.99 Å². The lowest BCUT2D eigenvalue weighted by molar-refractivity contribution is -0.134. The molecule has 2 unspecified atom stereocenters. The Labute approximate surface area is 195 Å². The molecule has 1 heterocycles. The lowest BCUT2D eigenvalue weighted by Gasteiger charge is -2.30. The summed E-state index contributed by atoms with van der Waals surface area (Å²) in [5.74, 6) is 2.21. The van der Waals surface area contributed by atoms with Gasteiger partial charge in [0.2, 0.25) is 5.91 Å². The van der Waals surface area contributed by atoms with E-state index >= 15 is 0 Å². The second-order valence-electron chi connectivity index (χ2n) is 8.72. The number of likely N-dealkylation sites (tertiary alicyclic amines) is 1. The number of aliphatic imine (C=N–C) groups is 1. The van der Waals surface area contributed by atoms with Crippen LogP contribution in [0.4, 0.5) is 0 Å². The minimum atomic E-state index is 0. The predicted molar refractivity (Wildman–Crippen MR) is 133 cm³/mol. The SMILES string of the molecule is CCNC(=NCC(C(CC)CC)N(C)C)NC1CCN(C(=O)C2CCCC2)C1.I. The molecule has 2 rings (SSSR count). The molecule has 2 fully saturated rings. The Morgan fingerprint density at radius 1 is 1.14 bits per heavy atom. The molecule has 2 atom stereocenters. The zero-order valence-electron chi connectivity index (χ0n) is 19.2. The van der Waals surface area contributed by atoms with Crippen molar-refractivity contribution in [3.8, 4) is 0 Å². The summed E-state index contributed by atoms with van der Waals surface area (Å²) in [6, 6.07) is 0.753. The van der Waals surface area contributed by atoms with Gasteiger partial charge in [0.05, 0.1) is 6.54 Å². The molecule has 29 heavy (non-hydrogen) atoms. The molecule has 2 N–H and O–H groups in total. The number of nitrogens with one attached hydrogen (secondary N) is 2. The third-order valence-electron chi connectivity index (χ3n) is 6.58. The molecule has 1 amide bonds. The minimum Gasteiger partial charge on any atom is -0.357 e. The van der Waals surface area contributed by atoms with E-state index in [-0.39, 0.29) is 29.9 Å². The summed E-state index contributed by atoms with van der Waals surface area (Å²) in [5, 5.41) is 6.98. The van der Waals surface area contributed by atoms with E-state index in [1.165, 1.54) is 25.7 Å². The standard InChI is InChI=1S/C22H43N5O.HI/c1-6-17(7-2)20(26(4)5)15-24-22(23-8-3)25-19-13-14-27(16-19)21(28)18-11-9-10-12-18;/h17-20H,6-16H2,1-5H3,(H2,23,24,25);1H. The smallest absolute Gasteiger partial charge is 0.225 e. The van der Waals surface area contributed by atoms with Crippen LogP contribution >= 0.6 is 24.0 Å². The van der Waals surface area contributed by atoms with Crippen molar-refractivity contribution in [1.82, 2.24) is 20.4 Å². The van der Waals surface area contributed by atoms with Gasteiger partial charge in [0.1, 0.15) is 0 Å². The van der Waals surface area contributed by atoms with E-state index in [0.29, 0.717) is 23.9 Å². The van der Waals surface area contributed by atoms with Crippen LogP contribution in [0, 0.1) is 11.8 Å². The molecule has 6 nitrogen and oxygen atoms in total. The number of guanidine groups is 1. The Balaban J connectivity index is 0.00000420. The highest BCUT2D eigenvalue weighted by Crippen LogP contribution is 2.27. The van der Waals surface area contributed by atoms with Crippen LogP contribution in [0.3, 0.4) is 0 Å². The molecule has 1 saturated heterocycles. The average Bonchev–Trinajstić information content (AvgIpc) is 3.36. The number of carbonyl (C=O) groups is 1. The highest BCUT2D eigenvalue weighted by molar-refractivity contribution is 14.0. The van der Waals surface area contributed by atoms with Gasteiger partial charge >= 0.3 is 0 Å². The van der Waals surface area contributed by atoms with Gasteiger partial charge in [0, 0.05) is 37.6 Å². The second-order valence-corrected chi connectivity index (χ2v) is 8.72. The Morgan fingerprint density at radius 3 is 2.34 bits per heavy atom. The first-order chi connectivity index (χ1) is 13.5. The van der Waals surface area contributed by atoms with Crippen molar-refractivity contribution in [1.29, 1.82) is 0 Å². The second kappa shape index (κ2) is 13.7. The third kappa shape index (κ3) is 7.89. The van der Waals surface area contributed by atoms with E-state index in [1.807, 2.05) is 0 Å². The number of amides is 1. The third-order valence-corrected chi connectivity index (χ3v) is 6.58. The Bertz CT molecular complexity index is 503. The highest BCUT2D eigenvalue weighted by atomic mass is 127. The maximum absolute atomic E-state index is 12.7. The Kier molecular flexibility index (Phi) is 12.5. The van der Waals surface area contributed by atoms with Gasteiger partial charge in [-0.1, -0.05) is 39.5 Å². The predicted octanol–water partition coefficient (Wildman–Crippen LogP) is 3.32. The summed E-state index contributed by atoms with van der Waals surface area (Å²) in [4.78, 5) is 22.0. The molecule has 1 aliphatic heterocycles. The van der Waals surface area contributed by atoms with Gasteiger partial charge in [-0.15, -0.1) is 24.0 Å². The van der Waals surface area contributed by atoms with E-state index in [2.05, 4.69) is 55.3 Å². The van der Waals surface area contributed by atoms with Crippen LogP contribution in [-0.2, 0) is 4.79 Å². The van der Waals surface area contributed by atoms with Gasteiger partial charge < -0.3 is 20.4 Å². The number of halogens is 1. The summed E-state index contributed by atoms with van der Waals surface area (Å²) >= 11 is 0. The number of carbonyl (C=O) groups excluding carboxylic acids is 1. The quantitative estimate of drug-likeness (QED) is 0.278. The molecular weight excluding hydrogens is 477 g/mol. The molecule has 1 saturated carbocycles. The van der Waals surface area contributed by atoms with Crippen molar-refractivity contribution in [2.75, 3.05) is 40.3 Å². The van der Waals surface area contributed by atoms with Crippen LogP contribution in [0.1, 0.15) is 65.7 Å². The highest BCUT2D eigenvalue weighted by Gasteiger charge is 2.32. The monoisotopic (exact) mass is 521 g/mol.